The quantitative estimate of drug-likeness (QED) is 0.417. The lowest BCUT2D eigenvalue weighted by Crippen LogP contribution is -2.27. The first-order chi connectivity index (χ1) is 7.28. The van der Waals surface area contributed by atoms with E-state index in [2.05, 4.69) is 27.7 Å². The van der Waals surface area contributed by atoms with Crippen LogP contribution >= 0.6 is 0 Å². The maximum absolute atomic E-state index is 6.10. The summed E-state index contributed by atoms with van der Waals surface area (Å²) < 4.78 is 11.8. The number of hydrogen-bond donors (Lipinski definition) is 0. The normalized spacial score (nSPS) is 12.8. The van der Waals surface area contributed by atoms with Crippen molar-refractivity contribution in [2.45, 2.75) is 70.2 Å². The first-order valence-electron chi connectivity index (χ1n) is 6.55. The van der Waals surface area contributed by atoms with Crippen LogP contribution in [0, 0.1) is 0 Å². The summed E-state index contributed by atoms with van der Waals surface area (Å²) in [4.78, 5) is 0. The van der Waals surface area contributed by atoms with Crippen LogP contribution in [0.3, 0.4) is 0 Å². The molecule has 15 heavy (non-hydrogen) atoms. The van der Waals surface area contributed by atoms with Crippen molar-refractivity contribution in [3.8, 4) is 0 Å². The predicted molar refractivity (Wildman–Crippen MR) is 67.4 cm³/mol. The average molecular weight is 230 g/mol. The van der Waals surface area contributed by atoms with Crippen molar-refractivity contribution in [3.63, 3.8) is 0 Å². The van der Waals surface area contributed by atoms with E-state index in [0.717, 1.165) is 19.4 Å². The van der Waals surface area contributed by atoms with E-state index in [9.17, 15) is 0 Å². The molecule has 0 saturated carbocycles. The molecule has 1 atom stereocenters. The topological polar surface area (TPSA) is 18.5 Å². The van der Waals surface area contributed by atoms with E-state index in [1.54, 1.807) is 0 Å². The molecule has 0 N–H and O–H groups in total. The first kappa shape index (κ1) is 15.5. The molecule has 0 aromatic rings. The van der Waals surface area contributed by atoms with Crippen LogP contribution in [0.25, 0.3) is 0 Å². The fourth-order valence-electron chi connectivity index (χ4n) is 1.64. The molecule has 0 radical (unpaired) electrons. The van der Waals surface area contributed by atoms with Gasteiger partial charge in [-0.3, -0.25) is 0 Å². The Kier molecular flexibility index (Phi) is 11.3. The molecule has 3 heteroatoms. The number of hydrogen-bond acceptors (Lipinski definition) is 2. The van der Waals surface area contributed by atoms with Gasteiger partial charge in [-0.2, -0.15) is 0 Å². The van der Waals surface area contributed by atoms with Gasteiger partial charge in [0.25, 0.3) is 0 Å². The maximum Gasteiger partial charge on any atom is 0.462 e. The Labute approximate surface area is 100 Å². The fourth-order valence-corrected chi connectivity index (χ4v) is 4.19. The summed E-state index contributed by atoms with van der Waals surface area (Å²) >= 11 is -0.977. The van der Waals surface area contributed by atoms with Gasteiger partial charge >= 0.3 is 14.5 Å². The SMILES string of the molecule is CCCOC(CC)[O][Al]([CH2]CC)[CH2]CC. The van der Waals surface area contributed by atoms with Gasteiger partial charge in [0, 0.05) is 6.61 Å². The first-order valence-corrected chi connectivity index (χ1v) is 8.65. The third kappa shape index (κ3) is 8.28. The predicted octanol–water partition coefficient (Wildman–Crippen LogP) is 3.98. The minimum Gasteiger partial charge on any atom is -0.478 e. The monoisotopic (exact) mass is 230 g/mol. The van der Waals surface area contributed by atoms with Gasteiger partial charge in [-0.1, -0.05) is 51.1 Å². The van der Waals surface area contributed by atoms with Crippen LogP contribution in [-0.2, 0) is 8.53 Å². The Hall–Kier alpha value is 0.452. The van der Waals surface area contributed by atoms with E-state index in [1.807, 2.05) is 0 Å². The molecule has 0 heterocycles. The second kappa shape index (κ2) is 11.0. The van der Waals surface area contributed by atoms with Crippen LogP contribution < -0.4 is 0 Å². The van der Waals surface area contributed by atoms with E-state index < -0.39 is 14.5 Å². The zero-order valence-electron chi connectivity index (χ0n) is 10.9. The molecule has 0 aliphatic heterocycles. The summed E-state index contributed by atoms with van der Waals surface area (Å²) in [7, 11) is 0. The molecule has 0 saturated heterocycles. The third-order valence-electron chi connectivity index (χ3n) is 2.41. The number of ether oxygens (including phenoxy) is 1. The van der Waals surface area contributed by atoms with Gasteiger partial charge in [-0.15, -0.1) is 0 Å². The molecule has 1 unspecified atom stereocenters. The molecule has 0 rings (SSSR count). The lowest BCUT2D eigenvalue weighted by molar-refractivity contribution is -0.0845. The van der Waals surface area contributed by atoms with Crippen molar-refractivity contribution in [1.29, 1.82) is 0 Å². The van der Waals surface area contributed by atoms with Crippen LogP contribution in [-0.4, -0.2) is 27.4 Å². The highest BCUT2D eigenvalue weighted by molar-refractivity contribution is 6.51. The second-order valence-corrected chi connectivity index (χ2v) is 6.71. The summed E-state index contributed by atoms with van der Waals surface area (Å²) in [5, 5.41) is 2.58. The average Bonchev–Trinajstić information content (AvgIpc) is 2.24. The van der Waals surface area contributed by atoms with Crippen molar-refractivity contribution in [2.75, 3.05) is 6.61 Å². The highest BCUT2D eigenvalue weighted by Gasteiger charge is 2.22. The van der Waals surface area contributed by atoms with Gasteiger partial charge in [-0.25, -0.2) is 0 Å². The lowest BCUT2D eigenvalue weighted by atomic mass is 10.5. The fraction of sp³-hybridized carbons (Fsp3) is 1.00. The molecule has 0 aliphatic rings. The zero-order valence-corrected chi connectivity index (χ0v) is 12.1. The van der Waals surface area contributed by atoms with Crippen LogP contribution in [0.5, 0.6) is 0 Å². The lowest BCUT2D eigenvalue weighted by Gasteiger charge is -2.21. The Morgan fingerprint density at radius 1 is 0.933 bits per heavy atom. The standard InChI is InChI=1S/C6H13O2.2C3H7.Al/c1-3-5-8-6(7)4-2;2*1-3-2;/h6H,3-5H2,1-2H3;2*1,3H2,2H3;/q-1;;;+1. The highest BCUT2D eigenvalue weighted by Crippen LogP contribution is 2.12. The Morgan fingerprint density at radius 2 is 1.53 bits per heavy atom. The van der Waals surface area contributed by atoms with Crippen molar-refractivity contribution >= 4 is 14.5 Å². The molecule has 0 aromatic carbocycles. The molecule has 0 aliphatic carbocycles. The molecule has 2 nitrogen and oxygen atoms in total. The van der Waals surface area contributed by atoms with E-state index >= 15 is 0 Å². The zero-order chi connectivity index (χ0) is 11.5. The summed E-state index contributed by atoms with van der Waals surface area (Å²) in [5.41, 5.74) is 0. The van der Waals surface area contributed by atoms with Gasteiger partial charge in [0.15, 0.2) is 0 Å². The van der Waals surface area contributed by atoms with Crippen molar-refractivity contribution < 1.29 is 8.53 Å². The van der Waals surface area contributed by atoms with Crippen molar-refractivity contribution in [3.05, 3.63) is 0 Å². The second-order valence-electron chi connectivity index (χ2n) is 4.04. The van der Waals surface area contributed by atoms with Gasteiger partial charge < -0.3 is 8.53 Å². The van der Waals surface area contributed by atoms with Crippen molar-refractivity contribution in [2.24, 2.45) is 0 Å². The van der Waals surface area contributed by atoms with E-state index in [0.29, 0.717) is 0 Å². The summed E-state index contributed by atoms with van der Waals surface area (Å²) in [6, 6.07) is 0. The summed E-state index contributed by atoms with van der Waals surface area (Å²) in [6.45, 7) is 9.60. The molecule has 0 fully saturated rings. The molecule has 0 aromatic heterocycles. The van der Waals surface area contributed by atoms with Gasteiger partial charge in [0.05, 0.1) is 0 Å². The van der Waals surface area contributed by atoms with E-state index in [4.69, 9.17) is 8.53 Å². The van der Waals surface area contributed by atoms with E-state index in [1.165, 1.54) is 23.4 Å². The van der Waals surface area contributed by atoms with Gasteiger partial charge in [-0.05, 0) is 12.8 Å². The molecule has 0 spiro atoms. The summed E-state index contributed by atoms with van der Waals surface area (Å²) in [6.07, 6.45) is 4.63. The number of rotatable bonds is 10. The molecular weight excluding hydrogens is 203 g/mol. The summed E-state index contributed by atoms with van der Waals surface area (Å²) in [5.74, 6) is 0. The highest BCUT2D eigenvalue weighted by atomic mass is 27.2. The minimum atomic E-state index is -0.977. The third-order valence-corrected chi connectivity index (χ3v) is 5.54. The maximum atomic E-state index is 6.10. The Bertz CT molecular complexity index is 125. The molecule has 90 valence electrons. The minimum absolute atomic E-state index is 0.0692. The molecular formula is C12H27AlO2. The molecule has 0 amide bonds. The van der Waals surface area contributed by atoms with Crippen LogP contribution in [0.1, 0.15) is 53.4 Å². The van der Waals surface area contributed by atoms with Crippen LogP contribution in [0.4, 0.5) is 0 Å². The Morgan fingerprint density at radius 3 is 1.93 bits per heavy atom. The van der Waals surface area contributed by atoms with Crippen molar-refractivity contribution in [1.82, 2.24) is 0 Å². The molecule has 0 bridgehead atoms. The van der Waals surface area contributed by atoms with Gasteiger partial charge in [0.1, 0.15) is 6.29 Å². The largest absolute Gasteiger partial charge is 0.478 e. The van der Waals surface area contributed by atoms with Crippen LogP contribution in [0.2, 0.25) is 10.6 Å². The van der Waals surface area contributed by atoms with E-state index in [-0.39, 0.29) is 6.29 Å². The van der Waals surface area contributed by atoms with Crippen LogP contribution in [0.15, 0.2) is 0 Å². The smallest absolute Gasteiger partial charge is 0.462 e. The van der Waals surface area contributed by atoms with Gasteiger partial charge in [0.2, 0.25) is 0 Å². The Balaban J connectivity index is 3.85.